The van der Waals surface area contributed by atoms with Gasteiger partial charge in [-0.15, -0.1) is 0 Å². The molecule has 0 heterocycles. The second-order valence-electron chi connectivity index (χ2n) is 4.37. The average molecular weight is 199 g/mol. The second kappa shape index (κ2) is 6.02. The van der Waals surface area contributed by atoms with E-state index in [1.807, 2.05) is 0 Å². The summed E-state index contributed by atoms with van der Waals surface area (Å²) in [6.45, 7) is 4.35. The summed E-state index contributed by atoms with van der Waals surface area (Å²) in [5.41, 5.74) is 0. The Morgan fingerprint density at radius 1 is 1.50 bits per heavy atom. The van der Waals surface area contributed by atoms with Gasteiger partial charge in [-0.2, -0.15) is 0 Å². The molecule has 14 heavy (non-hydrogen) atoms. The second-order valence-corrected chi connectivity index (χ2v) is 4.37. The molecule has 1 unspecified atom stereocenters. The topological polar surface area (TPSA) is 49.3 Å². The summed E-state index contributed by atoms with van der Waals surface area (Å²) in [6, 6.07) is 0. The molecule has 0 bridgehead atoms. The Morgan fingerprint density at radius 3 is 2.79 bits per heavy atom. The first kappa shape index (κ1) is 11.5. The Labute approximate surface area is 85.9 Å². The van der Waals surface area contributed by atoms with Crippen LogP contribution < -0.4 is 5.32 Å². The first-order valence-corrected chi connectivity index (χ1v) is 5.62. The van der Waals surface area contributed by atoms with E-state index in [-0.39, 0.29) is 0 Å². The van der Waals surface area contributed by atoms with E-state index in [1.54, 1.807) is 0 Å². The highest BCUT2D eigenvalue weighted by Gasteiger charge is 2.27. The van der Waals surface area contributed by atoms with Crippen molar-refractivity contribution >= 4 is 5.97 Å². The predicted octanol–water partition coefficient (Wildman–Crippen LogP) is 1.88. The minimum atomic E-state index is -0.684. The number of carboxylic acids is 1. The molecule has 1 fully saturated rings. The van der Waals surface area contributed by atoms with Crippen LogP contribution >= 0.6 is 0 Å². The van der Waals surface area contributed by atoms with Gasteiger partial charge in [0.1, 0.15) is 0 Å². The van der Waals surface area contributed by atoms with Gasteiger partial charge in [0, 0.05) is 6.42 Å². The monoisotopic (exact) mass is 199 g/mol. The van der Waals surface area contributed by atoms with Crippen LogP contribution in [0.3, 0.4) is 0 Å². The van der Waals surface area contributed by atoms with Gasteiger partial charge in [-0.25, -0.2) is 0 Å². The van der Waals surface area contributed by atoms with Gasteiger partial charge in [-0.1, -0.05) is 6.92 Å². The Morgan fingerprint density at radius 2 is 2.21 bits per heavy atom. The van der Waals surface area contributed by atoms with E-state index in [2.05, 4.69) is 12.2 Å². The summed E-state index contributed by atoms with van der Waals surface area (Å²) in [4.78, 5) is 10.2. The molecule has 0 radical (unpaired) electrons. The standard InChI is InChI=1S/C11H21NO2/c1-9(10-5-6-10)8-12-7-3-2-4-11(13)14/h9-10,12H,2-8H2,1H3,(H,13,14). The summed E-state index contributed by atoms with van der Waals surface area (Å²) in [7, 11) is 0. The predicted molar refractivity (Wildman–Crippen MR) is 56.2 cm³/mol. The number of hydrogen-bond acceptors (Lipinski definition) is 2. The summed E-state index contributed by atoms with van der Waals surface area (Å²) in [5.74, 6) is 1.08. The van der Waals surface area contributed by atoms with Gasteiger partial charge in [0.05, 0.1) is 0 Å². The minimum Gasteiger partial charge on any atom is -0.481 e. The molecule has 0 aliphatic heterocycles. The van der Waals surface area contributed by atoms with Crippen molar-refractivity contribution < 1.29 is 9.90 Å². The van der Waals surface area contributed by atoms with Crippen molar-refractivity contribution in [1.82, 2.24) is 5.32 Å². The summed E-state index contributed by atoms with van der Waals surface area (Å²) < 4.78 is 0. The van der Waals surface area contributed by atoms with Crippen LogP contribution in [-0.2, 0) is 4.79 Å². The zero-order chi connectivity index (χ0) is 10.4. The number of aliphatic carboxylic acids is 1. The van der Waals surface area contributed by atoms with Crippen LogP contribution in [0.5, 0.6) is 0 Å². The van der Waals surface area contributed by atoms with Crippen molar-refractivity contribution in [1.29, 1.82) is 0 Å². The number of carbonyl (C=O) groups is 1. The molecular formula is C11H21NO2. The fourth-order valence-corrected chi connectivity index (χ4v) is 1.69. The smallest absolute Gasteiger partial charge is 0.303 e. The van der Waals surface area contributed by atoms with E-state index in [9.17, 15) is 4.79 Å². The Balaban J connectivity index is 1.81. The Hall–Kier alpha value is -0.570. The van der Waals surface area contributed by atoms with Gasteiger partial charge < -0.3 is 10.4 Å². The molecule has 3 nitrogen and oxygen atoms in total. The summed E-state index contributed by atoms with van der Waals surface area (Å²) in [6.07, 6.45) is 4.88. The number of unbranched alkanes of at least 4 members (excludes halogenated alkanes) is 1. The Kier molecular flexibility index (Phi) is 4.94. The van der Waals surface area contributed by atoms with E-state index in [4.69, 9.17) is 5.11 Å². The minimum absolute atomic E-state index is 0.305. The normalized spacial score (nSPS) is 18.1. The van der Waals surface area contributed by atoms with Gasteiger partial charge >= 0.3 is 5.97 Å². The highest BCUT2D eigenvalue weighted by molar-refractivity contribution is 5.66. The molecule has 0 spiro atoms. The SMILES string of the molecule is CC(CNCCCCC(=O)O)C1CC1. The highest BCUT2D eigenvalue weighted by Crippen LogP contribution is 2.35. The first-order valence-electron chi connectivity index (χ1n) is 5.62. The van der Waals surface area contributed by atoms with Crippen molar-refractivity contribution in [2.45, 2.75) is 39.0 Å². The third-order valence-corrected chi connectivity index (χ3v) is 2.89. The Bertz CT molecular complexity index is 178. The molecule has 0 aromatic rings. The first-order chi connectivity index (χ1) is 6.70. The van der Waals surface area contributed by atoms with Gasteiger partial charge in [0.15, 0.2) is 0 Å². The van der Waals surface area contributed by atoms with Crippen LogP contribution in [0.15, 0.2) is 0 Å². The fraction of sp³-hybridized carbons (Fsp3) is 0.909. The molecule has 0 saturated heterocycles. The van der Waals surface area contributed by atoms with Gasteiger partial charge in [0.25, 0.3) is 0 Å². The van der Waals surface area contributed by atoms with Crippen LogP contribution in [0.1, 0.15) is 39.0 Å². The molecule has 82 valence electrons. The molecule has 0 aromatic heterocycles. The molecule has 1 saturated carbocycles. The van der Waals surface area contributed by atoms with Crippen LogP contribution in [0.25, 0.3) is 0 Å². The quantitative estimate of drug-likeness (QED) is 0.587. The molecule has 0 aromatic carbocycles. The fourth-order valence-electron chi connectivity index (χ4n) is 1.69. The van der Waals surface area contributed by atoms with Crippen molar-refractivity contribution in [3.8, 4) is 0 Å². The maximum atomic E-state index is 10.2. The molecule has 1 aliphatic carbocycles. The lowest BCUT2D eigenvalue weighted by atomic mass is 10.1. The van der Waals surface area contributed by atoms with Gasteiger partial charge in [0.2, 0.25) is 0 Å². The lowest BCUT2D eigenvalue weighted by Gasteiger charge is -2.10. The van der Waals surface area contributed by atoms with Crippen LogP contribution in [0.2, 0.25) is 0 Å². The molecule has 3 heteroatoms. The third kappa shape index (κ3) is 5.22. The zero-order valence-corrected chi connectivity index (χ0v) is 8.96. The van der Waals surface area contributed by atoms with Crippen molar-refractivity contribution in [3.63, 3.8) is 0 Å². The van der Waals surface area contributed by atoms with Crippen LogP contribution in [0.4, 0.5) is 0 Å². The van der Waals surface area contributed by atoms with Gasteiger partial charge in [-0.05, 0) is 50.6 Å². The highest BCUT2D eigenvalue weighted by atomic mass is 16.4. The largest absolute Gasteiger partial charge is 0.481 e. The maximum absolute atomic E-state index is 10.2. The van der Waals surface area contributed by atoms with E-state index in [0.29, 0.717) is 6.42 Å². The van der Waals surface area contributed by atoms with Crippen molar-refractivity contribution in [3.05, 3.63) is 0 Å². The average Bonchev–Trinajstić information content (AvgIpc) is 2.92. The van der Waals surface area contributed by atoms with Gasteiger partial charge in [-0.3, -0.25) is 4.79 Å². The van der Waals surface area contributed by atoms with E-state index < -0.39 is 5.97 Å². The molecule has 2 N–H and O–H groups in total. The van der Waals surface area contributed by atoms with E-state index >= 15 is 0 Å². The summed E-state index contributed by atoms with van der Waals surface area (Å²) >= 11 is 0. The van der Waals surface area contributed by atoms with Crippen LogP contribution in [-0.4, -0.2) is 24.2 Å². The molecular weight excluding hydrogens is 178 g/mol. The van der Waals surface area contributed by atoms with Crippen LogP contribution in [0, 0.1) is 11.8 Å². The third-order valence-electron chi connectivity index (χ3n) is 2.89. The van der Waals surface area contributed by atoms with E-state index in [0.717, 1.165) is 37.8 Å². The van der Waals surface area contributed by atoms with E-state index in [1.165, 1.54) is 12.8 Å². The lowest BCUT2D eigenvalue weighted by molar-refractivity contribution is -0.137. The number of rotatable bonds is 8. The van der Waals surface area contributed by atoms with Crippen molar-refractivity contribution in [2.75, 3.05) is 13.1 Å². The summed E-state index contributed by atoms with van der Waals surface area (Å²) in [5, 5.41) is 11.8. The molecule has 1 atom stereocenters. The number of nitrogens with one attached hydrogen (secondary N) is 1. The molecule has 1 rings (SSSR count). The maximum Gasteiger partial charge on any atom is 0.303 e. The number of hydrogen-bond donors (Lipinski definition) is 2. The molecule has 0 amide bonds. The lowest BCUT2D eigenvalue weighted by Crippen LogP contribution is -2.23. The molecule has 1 aliphatic rings. The zero-order valence-electron chi connectivity index (χ0n) is 8.96. The van der Waals surface area contributed by atoms with Crippen molar-refractivity contribution in [2.24, 2.45) is 11.8 Å². The number of carboxylic acid groups (broad SMARTS) is 1.